The number of fused-ring (bicyclic) bond motifs is 2. The van der Waals surface area contributed by atoms with Crippen LogP contribution in [0.3, 0.4) is 0 Å². The fourth-order valence-electron chi connectivity index (χ4n) is 3.18. The van der Waals surface area contributed by atoms with Gasteiger partial charge in [-0.05, 0) is 54.1 Å². The molecule has 0 aromatic heterocycles. The molecule has 0 N–H and O–H groups in total. The lowest BCUT2D eigenvalue weighted by Crippen LogP contribution is -2.08. The Morgan fingerprint density at radius 1 is 0.935 bits per heavy atom. The summed E-state index contributed by atoms with van der Waals surface area (Å²) in [6, 6.07) is 14.3. The molecular formula is C23H12Cl2O6. The summed E-state index contributed by atoms with van der Waals surface area (Å²) in [5, 5.41) is 0.883. The highest BCUT2D eigenvalue weighted by Crippen LogP contribution is 2.36. The lowest BCUT2D eigenvalue weighted by molar-refractivity contribution is 0.0734. The number of rotatable bonds is 3. The van der Waals surface area contributed by atoms with E-state index in [1.54, 1.807) is 48.5 Å². The zero-order valence-electron chi connectivity index (χ0n) is 15.7. The third-order valence-corrected chi connectivity index (χ3v) is 5.27. The van der Waals surface area contributed by atoms with Gasteiger partial charge in [0.05, 0.1) is 11.1 Å². The number of halogens is 2. The standard InChI is InChI=1S/C23H12Cl2O6/c24-14-3-1-12(17(25)9-14)7-21-22(26)16-5-4-15(10-19(16)31-21)30-23(27)13-2-6-18-20(8-13)29-11-28-18/h1-10H,11H2/b21-7-. The Morgan fingerprint density at radius 2 is 1.77 bits per heavy atom. The van der Waals surface area contributed by atoms with Crippen LogP contribution in [0, 0.1) is 0 Å². The Bertz CT molecular complexity index is 1280. The number of carbonyl (C=O) groups excluding carboxylic acids is 2. The fraction of sp³-hybridized carbons (Fsp3) is 0.0435. The number of ketones is 1. The Kier molecular flexibility index (Phi) is 4.81. The highest BCUT2D eigenvalue weighted by atomic mass is 35.5. The number of allylic oxidation sites excluding steroid dienone is 1. The van der Waals surface area contributed by atoms with Crippen LogP contribution in [0.25, 0.3) is 6.08 Å². The van der Waals surface area contributed by atoms with Gasteiger partial charge < -0.3 is 18.9 Å². The molecule has 0 atom stereocenters. The number of benzene rings is 3. The predicted octanol–water partition coefficient (Wildman–Crippen LogP) is 5.56. The van der Waals surface area contributed by atoms with Crippen LogP contribution in [-0.2, 0) is 0 Å². The van der Waals surface area contributed by atoms with Crippen LogP contribution in [0.2, 0.25) is 10.0 Å². The van der Waals surface area contributed by atoms with Crippen LogP contribution < -0.4 is 18.9 Å². The zero-order chi connectivity index (χ0) is 21.5. The number of esters is 1. The van der Waals surface area contributed by atoms with E-state index in [9.17, 15) is 9.59 Å². The number of ether oxygens (including phenoxy) is 4. The number of hydrogen-bond donors (Lipinski definition) is 0. The van der Waals surface area contributed by atoms with Gasteiger partial charge in [0.2, 0.25) is 12.6 Å². The smallest absolute Gasteiger partial charge is 0.343 e. The lowest BCUT2D eigenvalue weighted by Gasteiger charge is -2.06. The van der Waals surface area contributed by atoms with E-state index in [-0.39, 0.29) is 29.8 Å². The summed E-state index contributed by atoms with van der Waals surface area (Å²) in [6.07, 6.45) is 1.54. The van der Waals surface area contributed by atoms with Gasteiger partial charge in [-0.2, -0.15) is 0 Å². The molecule has 3 aromatic carbocycles. The average molecular weight is 455 g/mol. The van der Waals surface area contributed by atoms with E-state index in [1.807, 2.05) is 0 Å². The van der Waals surface area contributed by atoms with Gasteiger partial charge >= 0.3 is 5.97 Å². The monoisotopic (exact) mass is 454 g/mol. The number of Topliss-reactive ketones (excluding diaryl/α,β-unsaturated/α-hetero) is 1. The van der Waals surface area contributed by atoms with Crippen molar-refractivity contribution >= 4 is 41.0 Å². The van der Waals surface area contributed by atoms with Crippen molar-refractivity contribution in [2.75, 3.05) is 6.79 Å². The third kappa shape index (κ3) is 3.71. The first-order valence-electron chi connectivity index (χ1n) is 9.13. The van der Waals surface area contributed by atoms with Crippen LogP contribution in [0.4, 0.5) is 0 Å². The second-order valence-corrected chi connectivity index (χ2v) is 7.56. The molecule has 0 aliphatic carbocycles. The van der Waals surface area contributed by atoms with E-state index in [4.69, 9.17) is 42.1 Å². The van der Waals surface area contributed by atoms with Gasteiger partial charge in [0.15, 0.2) is 17.3 Å². The molecule has 2 aliphatic heterocycles. The molecule has 8 heteroatoms. The molecule has 0 saturated carbocycles. The largest absolute Gasteiger partial charge is 0.454 e. The molecule has 5 rings (SSSR count). The highest BCUT2D eigenvalue weighted by molar-refractivity contribution is 6.35. The maximum atomic E-state index is 12.6. The molecule has 2 heterocycles. The van der Waals surface area contributed by atoms with E-state index >= 15 is 0 Å². The zero-order valence-corrected chi connectivity index (χ0v) is 17.2. The van der Waals surface area contributed by atoms with E-state index in [0.29, 0.717) is 38.2 Å². The molecule has 31 heavy (non-hydrogen) atoms. The Hall–Kier alpha value is -3.48. The fourth-order valence-corrected chi connectivity index (χ4v) is 3.64. The van der Waals surface area contributed by atoms with Gasteiger partial charge in [0.25, 0.3) is 0 Å². The van der Waals surface area contributed by atoms with Crippen molar-refractivity contribution in [2.24, 2.45) is 0 Å². The first-order chi connectivity index (χ1) is 15.0. The minimum Gasteiger partial charge on any atom is -0.454 e. The molecule has 0 radical (unpaired) electrons. The van der Waals surface area contributed by atoms with Gasteiger partial charge in [-0.1, -0.05) is 29.3 Å². The first-order valence-corrected chi connectivity index (χ1v) is 9.89. The van der Waals surface area contributed by atoms with Gasteiger partial charge in [-0.3, -0.25) is 4.79 Å². The van der Waals surface area contributed by atoms with E-state index in [2.05, 4.69) is 0 Å². The van der Waals surface area contributed by atoms with Gasteiger partial charge in [-0.25, -0.2) is 4.79 Å². The predicted molar refractivity (Wildman–Crippen MR) is 113 cm³/mol. The quantitative estimate of drug-likeness (QED) is 0.293. The molecule has 2 aliphatic rings. The third-order valence-electron chi connectivity index (χ3n) is 4.71. The van der Waals surface area contributed by atoms with Crippen molar-refractivity contribution < 1.29 is 28.5 Å². The van der Waals surface area contributed by atoms with Crippen molar-refractivity contribution in [2.45, 2.75) is 0 Å². The van der Waals surface area contributed by atoms with E-state index in [1.165, 1.54) is 12.1 Å². The average Bonchev–Trinajstić information content (AvgIpc) is 3.34. The highest BCUT2D eigenvalue weighted by Gasteiger charge is 2.28. The molecule has 0 saturated heterocycles. The summed E-state index contributed by atoms with van der Waals surface area (Å²) < 4.78 is 21.6. The van der Waals surface area contributed by atoms with Crippen molar-refractivity contribution in [3.63, 3.8) is 0 Å². The topological polar surface area (TPSA) is 71.1 Å². The molecule has 0 spiro atoms. The van der Waals surface area contributed by atoms with E-state index < -0.39 is 5.97 Å². The summed E-state index contributed by atoms with van der Waals surface area (Å²) in [5.74, 6) is 0.811. The second-order valence-electron chi connectivity index (χ2n) is 6.72. The first kappa shape index (κ1) is 19.5. The summed E-state index contributed by atoms with van der Waals surface area (Å²) in [4.78, 5) is 25.1. The minimum atomic E-state index is -0.578. The van der Waals surface area contributed by atoms with Crippen molar-refractivity contribution in [1.82, 2.24) is 0 Å². The Morgan fingerprint density at radius 3 is 2.61 bits per heavy atom. The van der Waals surface area contributed by atoms with Gasteiger partial charge in [0, 0.05) is 16.1 Å². The normalized spacial score (nSPS) is 15.0. The Balaban J connectivity index is 1.36. The van der Waals surface area contributed by atoms with Crippen LogP contribution >= 0.6 is 23.2 Å². The number of carbonyl (C=O) groups is 2. The summed E-state index contributed by atoms with van der Waals surface area (Å²) in [6.45, 7) is 0.112. The molecule has 0 fully saturated rings. The maximum absolute atomic E-state index is 12.6. The van der Waals surface area contributed by atoms with Crippen molar-refractivity contribution in [1.29, 1.82) is 0 Å². The molecular weight excluding hydrogens is 443 g/mol. The molecule has 154 valence electrons. The van der Waals surface area contributed by atoms with Crippen LogP contribution in [0.1, 0.15) is 26.3 Å². The Labute approximate surface area is 186 Å². The van der Waals surface area contributed by atoms with Gasteiger partial charge in [0.1, 0.15) is 11.5 Å². The minimum absolute atomic E-state index is 0.110. The summed E-state index contributed by atoms with van der Waals surface area (Å²) in [5.41, 5.74) is 1.26. The summed E-state index contributed by atoms with van der Waals surface area (Å²) in [7, 11) is 0. The maximum Gasteiger partial charge on any atom is 0.343 e. The van der Waals surface area contributed by atoms with Crippen LogP contribution in [-0.4, -0.2) is 18.5 Å². The SMILES string of the molecule is O=C(Oc1ccc2c(c1)O/C(=C\c1ccc(Cl)cc1Cl)C2=O)c1ccc2c(c1)OCO2. The van der Waals surface area contributed by atoms with Crippen LogP contribution in [0.5, 0.6) is 23.0 Å². The summed E-state index contributed by atoms with van der Waals surface area (Å²) >= 11 is 12.1. The number of hydrogen-bond acceptors (Lipinski definition) is 6. The molecule has 0 amide bonds. The molecule has 0 bridgehead atoms. The van der Waals surface area contributed by atoms with Crippen molar-refractivity contribution in [3.8, 4) is 23.0 Å². The van der Waals surface area contributed by atoms with Crippen LogP contribution in [0.15, 0.2) is 60.4 Å². The van der Waals surface area contributed by atoms with Gasteiger partial charge in [-0.15, -0.1) is 0 Å². The van der Waals surface area contributed by atoms with E-state index in [0.717, 1.165) is 0 Å². The molecule has 3 aromatic rings. The molecule has 0 unspecified atom stereocenters. The lowest BCUT2D eigenvalue weighted by atomic mass is 10.1. The van der Waals surface area contributed by atoms with Crippen molar-refractivity contribution in [3.05, 3.63) is 87.1 Å². The second kappa shape index (κ2) is 7.65. The molecule has 6 nitrogen and oxygen atoms in total.